The highest BCUT2D eigenvalue weighted by atomic mass is 31.1. The molecule has 106 valence electrons. The van der Waals surface area contributed by atoms with Gasteiger partial charge in [-0.25, -0.2) is 0 Å². The minimum atomic E-state index is -0.101. The molecule has 4 heteroatoms. The first-order valence-corrected chi connectivity index (χ1v) is 6.95. The maximum Gasteiger partial charge on any atom is 0.275 e. The Labute approximate surface area is 118 Å². The molecule has 0 aromatic rings. The van der Waals surface area contributed by atoms with Crippen molar-refractivity contribution in [1.29, 1.82) is 0 Å². The van der Waals surface area contributed by atoms with Gasteiger partial charge in [-0.2, -0.15) is 0 Å². The predicted molar refractivity (Wildman–Crippen MR) is 83.0 cm³/mol. The van der Waals surface area contributed by atoms with Crippen molar-refractivity contribution in [2.45, 2.75) is 20.8 Å². The summed E-state index contributed by atoms with van der Waals surface area (Å²) in [6.45, 7) is 6.28. The Morgan fingerprint density at radius 2 is 1.63 bits per heavy atom. The van der Waals surface area contributed by atoms with Gasteiger partial charge in [0, 0.05) is 7.11 Å². The van der Waals surface area contributed by atoms with Crippen LogP contribution in [0.25, 0.3) is 0 Å². The normalized spacial score (nSPS) is 14.5. The average Bonchev–Trinajstić information content (AvgIpc) is 2.42. The first-order valence-electron chi connectivity index (χ1n) is 6.13. The van der Waals surface area contributed by atoms with Gasteiger partial charge >= 0.3 is 0 Å². The highest BCUT2D eigenvalue weighted by Crippen LogP contribution is 2.24. The van der Waals surface area contributed by atoms with E-state index in [-0.39, 0.29) is 9.03 Å². The molecule has 1 atom stereocenters. The van der Waals surface area contributed by atoms with Crippen LogP contribution >= 0.6 is 9.03 Å². The lowest BCUT2D eigenvalue weighted by Gasteiger charge is -2.09. The summed E-state index contributed by atoms with van der Waals surface area (Å²) in [5, 5.41) is 0. The molecule has 0 N–H and O–H groups in total. The summed E-state index contributed by atoms with van der Waals surface area (Å²) >= 11 is 0. The van der Waals surface area contributed by atoms with E-state index in [0.717, 1.165) is 11.5 Å². The third-order valence-electron chi connectivity index (χ3n) is 1.88. The van der Waals surface area contributed by atoms with Crippen molar-refractivity contribution in [1.82, 2.24) is 0 Å². The maximum atomic E-state index is 5.55. The van der Waals surface area contributed by atoms with E-state index in [2.05, 4.69) is 0 Å². The van der Waals surface area contributed by atoms with Gasteiger partial charge in [0.25, 0.3) is 9.03 Å². The van der Waals surface area contributed by atoms with Crippen molar-refractivity contribution in [2.24, 2.45) is 0 Å². The van der Waals surface area contributed by atoms with Crippen LogP contribution in [0, 0.1) is 0 Å². The molecule has 0 saturated carbocycles. The maximum absolute atomic E-state index is 5.55. The summed E-state index contributed by atoms with van der Waals surface area (Å²) in [7, 11) is 1.53. The van der Waals surface area contributed by atoms with E-state index in [4.69, 9.17) is 13.8 Å². The fraction of sp³-hybridized carbons (Fsp3) is 0.333. The lowest BCUT2D eigenvalue weighted by atomic mass is 10.4. The lowest BCUT2D eigenvalue weighted by Crippen LogP contribution is -1.94. The summed E-state index contributed by atoms with van der Waals surface area (Å²) in [4.78, 5) is 0. The van der Waals surface area contributed by atoms with E-state index in [9.17, 15) is 0 Å². The van der Waals surface area contributed by atoms with Crippen LogP contribution in [0.2, 0.25) is 0 Å². The van der Waals surface area contributed by atoms with Crippen LogP contribution in [0.4, 0.5) is 0 Å². The van der Waals surface area contributed by atoms with Gasteiger partial charge in [0.05, 0.1) is 0 Å². The van der Waals surface area contributed by atoms with Gasteiger partial charge in [-0.1, -0.05) is 30.4 Å². The third-order valence-corrected chi connectivity index (χ3v) is 2.54. The van der Waals surface area contributed by atoms with E-state index >= 15 is 0 Å². The molecule has 0 heterocycles. The molecule has 0 aliphatic rings. The SMILES string of the molecule is C\C=C/C=C(\C=C/C)OPO/C(=C/C=C\C)COC. The Bertz CT molecular complexity index is 366. The van der Waals surface area contributed by atoms with Crippen molar-refractivity contribution in [3.05, 3.63) is 60.1 Å². The number of hydrogen-bond donors (Lipinski definition) is 0. The molecule has 0 rings (SSSR count). The Morgan fingerprint density at radius 1 is 0.947 bits per heavy atom. The summed E-state index contributed by atoms with van der Waals surface area (Å²) in [6.07, 6.45) is 15.3. The molecule has 0 radical (unpaired) electrons. The highest BCUT2D eigenvalue weighted by Gasteiger charge is 1.99. The van der Waals surface area contributed by atoms with Crippen LogP contribution in [0.1, 0.15) is 20.8 Å². The number of allylic oxidation sites excluding steroid dienone is 8. The molecular formula is C15H23O3P. The summed E-state index contributed by atoms with van der Waals surface area (Å²) in [6, 6.07) is 0. The fourth-order valence-electron chi connectivity index (χ4n) is 1.06. The van der Waals surface area contributed by atoms with Gasteiger partial charge in [-0.05, 0) is 39.0 Å². The minimum Gasteiger partial charge on any atom is -0.443 e. The third kappa shape index (κ3) is 10.3. The second-order valence-electron chi connectivity index (χ2n) is 3.47. The number of hydrogen-bond acceptors (Lipinski definition) is 3. The van der Waals surface area contributed by atoms with Crippen molar-refractivity contribution >= 4 is 9.03 Å². The van der Waals surface area contributed by atoms with Crippen molar-refractivity contribution in [3.63, 3.8) is 0 Å². The topological polar surface area (TPSA) is 27.7 Å². The molecule has 19 heavy (non-hydrogen) atoms. The molecule has 0 amide bonds. The quantitative estimate of drug-likeness (QED) is 0.349. The molecule has 0 aliphatic carbocycles. The molecule has 0 saturated heterocycles. The van der Waals surface area contributed by atoms with Crippen molar-refractivity contribution in [2.75, 3.05) is 13.7 Å². The first kappa shape index (κ1) is 17.7. The molecule has 0 aliphatic heterocycles. The largest absolute Gasteiger partial charge is 0.443 e. The summed E-state index contributed by atoms with van der Waals surface area (Å²) < 4.78 is 16.1. The molecule has 0 fully saturated rings. The number of ether oxygens (including phenoxy) is 1. The zero-order valence-electron chi connectivity index (χ0n) is 12.1. The van der Waals surface area contributed by atoms with Gasteiger partial charge in [0.2, 0.25) is 0 Å². The molecule has 3 nitrogen and oxygen atoms in total. The zero-order valence-corrected chi connectivity index (χ0v) is 13.1. The van der Waals surface area contributed by atoms with Gasteiger partial charge < -0.3 is 13.8 Å². The molecular weight excluding hydrogens is 259 g/mol. The van der Waals surface area contributed by atoms with Crippen LogP contribution in [0.5, 0.6) is 0 Å². The van der Waals surface area contributed by atoms with Gasteiger partial charge in [0.1, 0.15) is 18.1 Å². The number of rotatable bonds is 9. The van der Waals surface area contributed by atoms with Crippen LogP contribution in [-0.2, 0) is 13.8 Å². The minimum absolute atomic E-state index is 0.101. The first-order chi connectivity index (χ1) is 9.28. The molecule has 0 aromatic heterocycles. The Hall–Kier alpha value is -1.31. The van der Waals surface area contributed by atoms with Crippen LogP contribution in [0.3, 0.4) is 0 Å². The Balaban J connectivity index is 4.35. The Morgan fingerprint density at radius 3 is 2.21 bits per heavy atom. The second-order valence-corrected chi connectivity index (χ2v) is 4.05. The van der Waals surface area contributed by atoms with Gasteiger partial charge in [-0.15, -0.1) is 0 Å². The molecule has 0 bridgehead atoms. The zero-order chi connectivity index (χ0) is 14.3. The smallest absolute Gasteiger partial charge is 0.275 e. The monoisotopic (exact) mass is 282 g/mol. The van der Waals surface area contributed by atoms with Gasteiger partial charge in [0.15, 0.2) is 0 Å². The van der Waals surface area contributed by atoms with Crippen LogP contribution < -0.4 is 0 Å². The standard InChI is InChI=1S/C15H23O3P/c1-5-8-11-14(10-7-3)17-19-18-15(13-16-4)12-9-6-2/h5-12,19H,13H2,1-4H3/b8-5-,9-6-,10-7-,14-11+,15-12+. The van der Waals surface area contributed by atoms with Crippen molar-refractivity contribution in [3.8, 4) is 0 Å². The van der Waals surface area contributed by atoms with E-state index in [1.165, 1.54) is 0 Å². The lowest BCUT2D eigenvalue weighted by molar-refractivity contribution is 0.190. The summed E-state index contributed by atoms with van der Waals surface area (Å²) in [5.41, 5.74) is 0. The molecule has 0 aromatic carbocycles. The number of methoxy groups -OCH3 is 1. The second kappa shape index (κ2) is 13.1. The van der Waals surface area contributed by atoms with E-state index in [1.807, 2.05) is 69.4 Å². The van der Waals surface area contributed by atoms with Crippen LogP contribution in [0.15, 0.2) is 60.1 Å². The summed E-state index contributed by atoms with van der Waals surface area (Å²) in [5.74, 6) is 1.51. The molecule has 1 unspecified atom stereocenters. The van der Waals surface area contributed by atoms with Gasteiger partial charge in [-0.3, -0.25) is 0 Å². The predicted octanol–water partition coefficient (Wildman–Crippen LogP) is 4.67. The van der Waals surface area contributed by atoms with Crippen LogP contribution in [-0.4, -0.2) is 13.7 Å². The van der Waals surface area contributed by atoms with E-state index in [1.54, 1.807) is 7.11 Å². The van der Waals surface area contributed by atoms with E-state index < -0.39 is 0 Å². The molecule has 0 spiro atoms. The van der Waals surface area contributed by atoms with E-state index in [0.29, 0.717) is 6.61 Å². The average molecular weight is 282 g/mol. The fourth-order valence-corrected chi connectivity index (χ4v) is 1.57. The van der Waals surface area contributed by atoms with Crippen molar-refractivity contribution < 1.29 is 13.8 Å². The Kier molecular flexibility index (Phi) is 12.2. The highest BCUT2D eigenvalue weighted by molar-refractivity contribution is 7.26.